The summed E-state index contributed by atoms with van der Waals surface area (Å²) in [5.74, 6) is -0.0348. The Hall–Kier alpha value is -1.87. The van der Waals surface area contributed by atoms with Gasteiger partial charge in [-0.3, -0.25) is 4.79 Å². The molecule has 0 saturated heterocycles. The van der Waals surface area contributed by atoms with Crippen LogP contribution in [-0.2, 0) is 0 Å². The minimum Gasteiger partial charge on any atom is -0.457 e. The lowest BCUT2D eigenvalue weighted by Gasteiger charge is -2.04. The lowest BCUT2D eigenvalue weighted by atomic mass is 9.99. The van der Waals surface area contributed by atoms with E-state index in [9.17, 15) is 4.79 Å². The number of furan rings is 1. The number of hydrogen-bond donors (Lipinski definition) is 0. The van der Waals surface area contributed by atoms with E-state index in [0.29, 0.717) is 15.8 Å². The summed E-state index contributed by atoms with van der Waals surface area (Å²) >= 11 is 3.24. The van der Waals surface area contributed by atoms with Gasteiger partial charge >= 0.3 is 0 Å². The molecule has 2 nitrogen and oxygen atoms in total. The molecule has 0 spiro atoms. The van der Waals surface area contributed by atoms with Crippen molar-refractivity contribution in [2.45, 2.75) is 0 Å². The van der Waals surface area contributed by atoms with Crippen molar-refractivity contribution in [3.63, 3.8) is 0 Å². The fraction of sp³-hybridized carbons (Fsp3) is 0. The molecule has 1 heterocycles. The molecule has 3 rings (SSSR count). The van der Waals surface area contributed by atoms with Gasteiger partial charge in [0.1, 0.15) is 0 Å². The van der Waals surface area contributed by atoms with Crippen molar-refractivity contribution in [2.75, 3.05) is 0 Å². The third kappa shape index (κ3) is 1.77. The van der Waals surface area contributed by atoms with Crippen molar-refractivity contribution in [3.05, 3.63) is 70.6 Å². The highest BCUT2D eigenvalue weighted by atomic mass is 79.9. The molecule has 0 aliphatic rings. The normalized spacial score (nSPS) is 10.7. The van der Waals surface area contributed by atoms with E-state index in [-0.39, 0.29) is 5.78 Å². The summed E-state index contributed by atoms with van der Waals surface area (Å²) in [4.78, 5) is 12.5. The van der Waals surface area contributed by atoms with Crippen LogP contribution in [0.25, 0.3) is 10.8 Å². The van der Waals surface area contributed by atoms with Crippen LogP contribution in [0.1, 0.15) is 15.9 Å². The number of carbonyl (C=O) groups excluding carboxylic acids is 1. The van der Waals surface area contributed by atoms with Crippen LogP contribution in [0.4, 0.5) is 0 Å². The first-order valence-corrected chi connectivity index (χ1v) is 6.32. The molecule has 3 aromatic rings. The minimum absolute atomic E-state index is 0.0348. The van der Waals surface area contributed by atoms with Crippen LogP contribution in [0.15, 0.2) is 63.9 Å². The summed E-state index contributed by atoms with van der Waals surface area (Å²) in [6.45, 7) is 0. The van der Waals surface area contributed by atoms with Gasteiger partial charge < -0.3 is 4.42 Å². The number of halogens is 1. The molecular formula is C15H9BrO2. The number of carbonyl (C=O) groups is 1. The lowest BCUT2D eigenvalue weighted by molar-refractivity contribution is 0.103. The number of benzene rings is 2. The van der Waals surface area contributed by atoms with Gasteiger partial charge in [0.2, 0.25) is 0 Å². The molecule has 0 fully saturated rings. The first kappa shape index (κ1) is 11.2. The number of rotatable bonds is 2. The summed E-state index contributed by atoms with van der Waals surface area (Å²) in [5, 5.41) is 2.01. The Morgan fingerprint density at radius 2 is 1.72 bits per heavy atom. The van der Waals surface area contributed by atoms with Gasteiger partial charge in [-0.15, -0.1) is 0 Å². The summed E-state index contributed by atoms with van der Waals surface area (Å²) in [5.41, 5.74) is 1.24. The second-order valence-electron chi connectivity index (χ2n) is 3.96. The Morgan fingerprint density at radius 3 is 2.50 bits per heavy atom. The van der Waals surface area contributed by atoms with Crippen molar-refractivity contribution >= 4 is 32.5 Å². The quantitative estimate of drug-likeness (QED) is 0.656. The van der Waals surface area contributed by atoms with Crippen molar-refractivity contribution in [2.24, 2.45) is 0 Å². The van der Waals surface area contributed by atoms with Crippen molar-refractivity contribution in [1.82, 2.24) is 0 Å². The van der Waals surface area contributed by atoms with Gasteiger partial charge in [0.15, 0.2) is 10.5 Å². The van der Waals surface area contributed by atoms with Crippen LogP contribution >= 0.6 is 15.9 Å². The summed E-state index contributed by atoms with van der Waals surface area (Å²) in [6, 6.07) is 15.2. The number of ketones is 1. The summed E-state index contributed by atoms with van der Waals surface area (Å²) < 4.78 is 5.59. The van der Waals surface area contributed by atoms with Crippen LogP contribution in [-0.4, -0.2) is 5.78 Å². The van der Waals surface area contributed by atoms with Gasteiger partial charge in [-0.25, -0.2) is 0 Å². The molecule has 2 aromatic carbocycles. The van der Waals surface area contributed by atoms with Gasteiger partial charge in [-0.2, -0.15) is 0 Å². The third-order valence-corrected chi connectivity index (χ3v) is 3.51. The van der Waals surface area contributed by atoms with Crippen molar-refractivity contribution < 1.29 is 9.21 Å². The van der Waals surface area contributed by atoms with Gasteiger partial charge in [0, 0.05) is 5.56 Å². The van der Waals surface area contributed by atoms with E-state index in [1.54, 1.807) is 6.07 Å². The van der Waals surface area contributed by atoms with E-state index in [1.165, 1.54) is 6.26 Å². The van der Waals surface area contributed by atoms with Gasteiger partial charge in [0.05, 0.1) is 11.8 Å². The fourth-order valence-electron chi connectivity index (χ4n) is 2.02. The van der Waals surface area contributed by atoms with Gasteiger partial charge in [0.25, 0.3) is 0 Å². The molecule has 0 aliphatic heterocycles. The second kappa shape index (κ2) is 4.42. The van der Waals surface area contributed by atoms with E-state index in [4.69, 9.17) is 4.42 Å². The van der Waals surface area contributed by atoms with E-state index in [1.807, 2.05) is 42.5 Å². The van der Waals surface area contributed by atoms with Gasteiger partial charge in [-0.1, -0.05) is 42.5 Å². The third-order valence-electron chi connectivity index (χ3n) is 2.90. The summed E-state index contributed by atoms with van der Waals surface area (Å²) in [6.07, 6.45) is 1.50. The first-order chi connectivity index (χ1) is 8.77. The SMILES string of the molecule is O=C(c1ccoc1Br)c1cccc2ccccc12. The molecule has 0 radical (unpaired) electrons. The molecule has 0 amide bonds. The standard InChI is InChI=1S/C15H9BrO2/c16-15-13(8-9-18-15)14(17)12-7-3-5-10-4-1-2-6-11(10)12/h1-9H. The molecule has 3 heteroatoms. The number of hydrogen-bond acceptors (Lipinski definition) is 2. The van der Waals surface area contributed by atoms with E-state index in [2.05, 4.69) is 15.9 Å². The van der Waals surface area contributed by atoms with Crippen molar-refractivity contribution in [1.29, 1.82) is 0 Å². The topological polar surface area (TPSA) is 30.2 Å². The molecule has 18 heavy (non-hydrogen) atoms. The average Bonchev–Trinajstić information content (AvgIpc) is 2.83. The maximum Gasteiger partial charge on any atom is 0.198 e. The smallest absolute Gasteiger partial charge is 0.198 e. The first-order valence-electron chi connectivity index (χ1n) is 5.53. The highest BCUT2D eigenvalue weighted by molar-refractivity contribution is 9.10. The molecule has 0 atom stereocenters. The monoisotopic (exact) mass is 300 g/mol. The Morgan fingerprint density at radius 1 is 0.944 bits per heavy atom. The molecule has 1 aromatic heterocycles. The number of fused-ring (bicyclic) bond motifs is 1. The van der Waals surface area contributed by atoms with Crippen LogP contribution in [0.5, 0.6) is 0 Å². The predicted octanol–water partition coefficient (Wildman–Crippen LogP) is 4.43. The zero-order valence-corrected chi connectivity index (χ0v) is 11.0. The van der Waals surface area contributed by atoms with E-state index in [0.717, 1.165) is 10.8 Å². The van der Waals surface area contributed by atoms with E-state index >= 15 is 0 Å². The van der Waals surface area contributed by atoms with Crippen molar-refractivity contribution in [3.8, 4) is 0 Å². The Kier molecular flexibility index (Phi) is 2.76. The zero-order chi connectivity index (χ0) is 12.5. The molecule has 0 unspecified atom stereocenters. The summed E-state index contributed by atoms with van der Waals surface area (Å²) in [7, 11) is 0. The van der Waals surface area contributed by atoms with E-state index < -0.39 is 0 Å². The second-order valence-corrected chi connectivity index (χ2v) is 4.68. The van der Waals surface area contributed by atoms with Crippen LogP contribution < -0.4 is 0 Å². The highest BCUT2D eigenvalue weighted by Crippen LogP contribution is 2.25. The molecule has 88 valence electrons. The largest absolute Gasteiger partial charge is 0.457 e. The van der Waals surface area contributed by atoms with Crippen LogP contribution in [0.3, 0.4) is 0 Å². The van der Waals surface area contributed by atoms with Crippen LogP contribution in [0, 0.1) is 0 Å². The Bertz CT molecular complexity index is 723. The average molecular weight is 301 g/mol. The zero-order valence-electron chi connectivity index (χ0n) is 9.39. The fourth-order valence-corrected chi connectivity index (χ4v) is 2.44. The maximum absolute atomic E-state index is 12.5. The maximum atomic E-state index is 12.5. The lowest BCUT2D eigenvalue weighted by Crippen LogP contribution is -2.01. The van der Waals surface area contributed by atoms with Gasteiger partial charge in [-0.05, 0) is 32.8 Å². The Balaban J connectivity index is 2.21. The van der Waals surface area contributed by atoms with Crippen LogP contribution in [0.2, 0.25) is 0 Å². The molecule has 0 saturated carbocycles. The molecular weight excluding hydrogens is 292 g/mol. The highest BCUT2D eigenvalue weighted by Gasteiger charge is 2.16. The Labute approximate surface area is 112 Å². The molecule has 0 bridgehead atoms. The minimum atomic E-state index is -0.0348. The molecule has 0 N–H and O–H groups in total. The predicted molar refractivity (Wildman–Crippen MR) is 73.8 cm³/mol. The molecule has 0 aliphatic carbocycles.